The van der Waals surface area contributed by atoms with E-state index in [1.807, 2.05) is 32.9 Å². The van der Waals surface area contributed by atoms with Crippen LogP contribution in [0.1, 0.15) is 32.4 Å². The Labute approximate surface area is 129 Å². The van der Waals surface area contributed by atoms with E-state index in [0.717, 1.165) is 12.3 Å². The van der Waals surface area contributed by atoms with Crippen molar-refractivity contribution >= 4 is 0 Å². The summed E-state index contributed by atoms with van der Waals surface area (Å²) in [6, 6.07) is 8.37. The number of aliphatic hydroxyl groups is 1. The molecule has 0 saturated heterocycles. The van der Waals surface area contributed by atoms with E-state index in [-0.39, 0.29) is 12.0 Å². The van der Waals surface area contributed by atoms with Crippen molar-refractivity contribution in [2.45, 2.75) is 32.4 Å². The second-order valence-corrected chi connectivity index (χ2v) is 6.40. The normalized spacial score (nSPS) is 16.0. The summed E-state index contributed by atoms with van der Waals surface area (Å²) in [4.78, 5) is 2.17. The van der Waals surface area contributed by atoms with Crippen molar-refractivity contribution in [3.63, 3.8) is 0 Å². The minimum atomic E-state index is -0.689. The Morgan fingerprint density at radius 3 is 2.52 bits per heavy atom. The summed E-state index contributed by atoms with van der Waals surface area (Å²) in [5, 5.41) is 13.7. The molecule has 2 atom stereocenters. The molecule has 4 heteroatoms. The smallest absolute Gasteiger partial charge is 0.119 e. The summed E-state index contributed by atoms with van der Waals surface area (Å²) in [7, 11) is 5.81. The largest absolute Gasteiger partial charge is 0.497 e. The van der Waals surface area contributed by atoms with Crippen molar-refractivity contribution in [2.24, 2.45) is 5.92 Å². The maximum Gasteiger partial charge on any atom is 0.119 e. The number of methoxy groups -OCH3 is 1. The van der Waals surface area contributed by atoms with E-state index in [2.05, 4.69) is 36.4 Å². The molecular weight excluding hydrogens is 264 g/mol. The third kappa shape index (κ3) is 5.30. The summed E-state index contributed by atoms with van der Waals surface area (Å²) >= 11 is 0. The van der Waals surface area contributed by atoms with Gasteiger partial charge in [0.15, 0.2) is 0 Å². The molecule has 0 aromatic heterocycles. The van der Waals surface area contributed by atoms with Gasteiger partial charge in [0.2, 0.25) is 0 Å². The quantitative estimate of drug-likeness (QED) is 0.772. The van der Waals surface area contributed by atoms with E-state index in [1.165, 1.54) is 5.56 Å². The van der Waals surface area contributed by atoms with Crippen LogP contribution in [0, 0.1) is 5.92 Å². The molecule has 1 aromatic carbocycles. The topological polar surface area (TPSA) is 44.7 Å². The number of ether oxygens (including phenoxy) is 1. The minimum absolute atomic E-state index is 0.222. The third-order valence-corrected chi connectivity index (χ3v) is 4.17. The van der Waals surface area contributed by atoms with Gasteiger partial charge in [-0.2, -0.15) is 0 Å². The molecule has 0 heterocycles. The first-order valence-corrected chi connectivity index (χ1v) is 7.51. The van der Waals surface area contributed by atoms with E-state index >= 15 is 0 Å². The molecule has 1 aromatic rings. The van der Waals surface area contributed by atoms with Crippen LogP contribution in [0.4, 0.5) is 0 Å². The van der Waals surface area contributed by atoms with E-state index in [4.69, 9.17) is 4.74 Å². The maximum absolute atomic E-state index is 10.3. The third-order valence-electron chi connectivity index (χ3n) is 4.17. The van der Waals surface area contributed by atoms with Gasteiger partial charge < -0.3 is 20.1 Å². The first-order valence-electron chi connectivity index (χ1n) is 7.51. The van der Waals surface area contributed by atoms with Crippen molar-refractivity contribution < 1.29 is 9.84 Å². The van der Waals surface area contributed by atoms with Crippen LogP contribution in [0.5, 0.6) is 5.75 Å². The highest BCUT2D eigenvalue weighted by atomic mass is 16.5. The molecule has 0 aliphatic heterocycles. The Morgan fingerprint density at radius 2 is 2.00 bits per heavy atom. The van der Waals surface area contributed by atoms with Crippen LogP contribution < -0.4 is 10.1 Å². The summed E-state index contributed by atoms with van der Waals surface area (Å²) in [5.41, 5.74) is 0.515. The Hall–Kier alpha value is -1.10. The Morgan fingerprint density at radius 1 is 1.33 bits per heavy atom. The lowest BCUT2D eigenvalue weighted by molar-refractivity contribution is 0.0131. The molecule has 2 N–H and O–H groups in total. The number of likely N-dealkylation sites (N-methyl/N-ethyl adjacent to an activating group) is 1. The zero-order valence-electron chi connectivity index (χ0n) is 14.2. The lowest BCUT2D eigenvalue weighted by Gasteiger charge is -2.31. The monoisotopic (exact) mass is 294 g/mol. The predicted octanol–water partition coefficient (Wildman–Crippen LogP) is 2.29. The second kappa shape index (κ2) is 7.78. The average molecular weight is 294 g/mol. The van der Waals surface area contributed by atoms with Crippen LogP contribution in [0.15, 0.2) is 24.3 Å². The van der Waals surface area contributed by atoms with Crippen molar-refractivity contribution in [1.82, 2.24) is 10.2 Å². The molecule has 0 radical (unpaired) electrons. The number of hydrogen-bond acceptors (Lipinski definition) is 4. The van der Waals surface area contributed by atoms with Crippen molar-refractivity contribution in [3.05, 3.63) is 29.8 Å². The Bertz CT molecular complexity index is 431. The van der Waals surface area contributed by atoms with Gasteiger partial charge in [0, 0.05) is 19.1 Å². The average Bonchev–Trinajstić information content (AvgIpc) is 2.43. The van der Waals surface area contributed by atoms with Gasteiger partial charge in [-0.15, -0.1) is 0 Å². The molecule has 0 saturated carbocycles. The Balaban J connectivity index is 2.70. The molecule has 0 amide bonds. The fourth-order valence-electron chi connectivity index (χ4n) is 2.11. The molecule has 0 bridgehead atoms. The zero-order chi connectivity index (χ0) is 16.0. The van der Waals surface area contributed by atoms with Gasteiger partial charge in [0.1, 0.15) is 5.75 Å². The summed E-state index contributed by atoms with van der Waals surface area (Å²) in [6.45, 7) is 7.31. The van der Waals surface area contributed by atoms with Gasteiger partial charge in [0.05, 0.1) is 12.7 Å². The van der Waals surface area contributed by atoms with Gasteiger partial charge >= 0.3 is 0 Å². The second-order valence-electron chi connectivity index (χ2n) is 6.40. The van der Waals surface area contributed by atoms with Crippen LogP contribution in [-0.4, -0.2) is 49.9 Å². The first-order chi connectivity index (χ1) is 9.77. The number of benzene rings is 1. The van der Waals surface area contributed by atoms with Crippen LogP contribution >= 0.6 is 0 Å². The lowest BCUT2D eigenvalue weighted by Crippen LogP contribution is -2.44. The fraction of sp³-hybridized carbons (Fsp3) is 0.647. The zero-order valence-corrected chi connectivity index (χ0v) is 14.2. The van der Waals surface area contributed by atoms with Crippen LogP contribution in [0.2, 0.25) is 0 Å². The first kappa shape index (κ1) is 18.0. The molecule has 0 aliphatic carbocycles. The van der Waals surface area contributed by atoms with Crippen LogP contribution in [0.3, 0.4) is 0 Å². The van der Waals surface area contributed by atoms with E-state index in [0.29, 0.717) is 6.54 Å². The highest BCUT2D eigenvalue weighted by molar-refractivity contribution is 5.30. The number of rotatable bonds is 8. The van der Waals surface area contributed by atoms with Crippen molar-refractivity contribution in [2.75, 3.05) is 34.3 Å². The summed E-state index contributed by atoms with van der Waals surface area (Å²) in [5.74, 6) is 1.09. The Kier molecular flexibility index (Phi) is 6.65. The van der Waals surface area contributed by atoms with Gasteiger partial charge in [-0.25, -0.2) is 0 Å². The fourth-order valence-corrected chi connectivity index (χ4v) is 2.11. The number of hydrogen-bond donors (Lipinski definition) is 2. The molecule has 120 valence electrons. The molecule has 4 nitrogen and oxygen atoms in total. The van der Waals surface area contributed by atoms with E-state index in [9.17, 15) is 5.11 Å². The van der Waals surface area contributed by atoms with E-state index < -0.39 is 5.60 Å². The van der Waals surface area contributed by atoms with Crippen molar-refractivity contribution in [1.29, 1.82) is 0 Å². The maximum atomic E-state index is 10.3. The summed E-state index contributed by atoms with van der Waals surface area (Å²) < 4.78 is 5.30. The highest BCUT2D eigenvalue weighted by Crippen LogP contribution is 2.22. The van der Waals surface area contributed by atoms with Crippen LogP contribution in [0.25, 0.3) is 0 Å². The highest BCUT2D eigenvalue weighted by Gasteiger charge is 2.25. The number of nitrogens with one attached hydrogen (secondary N) is 1. The van der Waals surface area contributed by atoms with Gasteiger partial charge in [0.25, 0.3) is 0 Å². The van der Waals surface area contributed by atoms with Crippen LogP contribution in [-0.2, 0) is 0 Å². The van der Waals surface area contributed by atoms with Gasteiger partial charge in [-0.1, -0.05) is 26.0 Å². The molecule has 2 unspecified atom stereocenters. The number of nitrogens with zero attached hydrogens (tertiary/aromatic N) is 1. The SMILES string of the molecule is COc1cccc(C(CNCC(C)(O)C(C)C)N(C)C)c1. The molecule has 0 fully saturated rings. The molecule has 21 heavy (non-hydrogen) atoms. The van der Waals surface area contributed by atoms with Gasteiger partial charge in [-0.3, -0.25) is 0 Å². The predicted molar refractivity (Wildman–Crippen MR) is 87.8 cm³/mol. The molecule has 0 aliphatic rings. The minimum Gasteiger partial charge on any atom is -0.497 e. The molecule has 1 rings (SSSR count). The molecular formula is C17H30N2O2. The van der Waals surface area contributed by atoms with Crippen molar-refractivity contribution in [3.8, 4) is 5.75 Å². The lowest BCUT2D eigenvalue weighted by atomic mass is 9.92. The summed E-state index contributed by atoms with van der Waals surface area (Å²) in [6.07, 6.45) is 0. The standard InChI is InChI=1S/C17H30N2O2/c1-13(2)17(3,20)12-18-11-16(19(4)5)14-8-7-9-15(10-14)21-6/h7-10,13,16,18,20H,11-12H2,1-6H3. The van der Waals surface area contributed by atoms with Gasteiger partial charge in [-0.05, 0) is 44.6 Å². The van der Waals surface area contributed by atoms with E-state index in [1.54, 1.807) is 7.11 Å². The molecule has 0 spiro atoms.